The second-order valence-corrected chi connectivity index (χ2v) is 24.5. The highest BCUT2D eigenvalue weighted by Gasteiger charge is 2.19. The molecule has 0 bridgehead atoms. The SMILES string of the molecule is Cc1cc(N=Nc2ccc3cc(NC(=O)c4ccc(N)cc4)ccc3c2O)c(C)cc1N=Nc1cc(C)c(N=Nc2cc(C)c(C(=O)Nc3ccc4cccc(OCCCS(=O)(=O)O)c4c3)cc2OCCCS(=O)(=O)O)cc1OCCCS(=O)(=O)O. The lowest BCUT2D eigenvalue weighted by molar-refractivity contribution is 0.101. The number of aryl methyl sites for hydroxylation is 4. The highest BCUT2D eigenvalue weighted by Crippen LogP contribution is 2.41. The van der Waals surface area contributed by atoms with Crippen molar-refractivity contribution in [2.75, 3.05) is 53.4 Å². The third-order valence-electron chi connectivity index (χ3n) is 13.1. The number of hydrogen-bond acceptors (Lipinski definition) is 19. The molecule has 8 rings (SSSR count). The van der Waals surface area contributed by atoms with Crippen LogP contribution in [-0.4, -0.2) is 92.9 Å². The number of nitrogens with two attached hydrogens (primary N) is 1. The van der Waals surface area contributed by atoms with Gasteiger partial charge < -0.3 is 35.7 Å². The molecule has 0 aliphatic rings. The van der Waals surface area contributed by atoms with Crippen molar-refractivity contribution in [3.8, 4) is 23.0 Å². The number of azo groups is 3. The molecule has 0 spiro atoms. The van der Waals surface area contributed by atoms with Gasteiger partial charge in [0.25, 0.3) is 42.2 Å². The molecule has 0 atom stereocenters. The van der Waals surface area contributed by atoms with E-state index in [1.54, 1.807) is 131 Å². The Morgan fingerprint density at radius 2 is 0.907 bits per heavy atom. The molecule has 0 unspecified atom stereocenters. The van der Waals surface area contributed by atoms with Crippen molar-refractivity contribution in [2.45, 2.75) is 47.0 Å². The van der Waals surface area contributed by atoms with Gasteiger partial charge in [-0.2, -0.15) is 40.6 Å². The number of rotatable bonds is 25. The first-order valence-corrected chi connectivity index (χ1v) is 31.2. The molecule has 0 heterocycles. The lowest BCUT2D eigenvalue weighted by Crippen LogP contribution is -2.14. The Balaban J connectivity index is 1.02. The van der Waals surface area contributed by atoms with Crippen molar-refractivity contribution in [3.05, 3.63) is 161 Å². The molecule has 8 aromatic carbocycles. The number of nitrogens with one attached hydrogen (secondary N) is 2. The predicted molar refractivity (Wildman–Crippen MR) is 327 cm³/mol. The minimum Gasteiger partial charge on any atom is -0.505 e. The van der Waals surface area contributed by atoms with Gasteiger partial charge >= 0.3 is 0 Å². The minimum absolute atomic E-state index is 0.00314. The number of amides is 2. The average Bonchev–Trinajstić information content (AvgIpc) is 2.43. The maximum atomic E-state index is 14.0. The van der Waals surface area contributed by atoms with Gasteiger partial charge in [0.15, 0.2) is 5.75 Å². The zero-order valence-corrected chi connectivity index (χ0v) is 49.2. The van der Waals surface area contributed by atoms with Crippen LogP contribution in [0.2, 0.25) is 0 Å². The third kappa shape index (κ3) is 17.4. The van der Waals surface area contributed by atoms with Gasteiger partial charge in [0.2, 0.25) is 0 Å². The van der Waals surface area contributed by atoms with Gasteiger partial charge in [-0.1, -0.05) is 24.3 Å². The zero-order chi connectivity index (χ0) is 61.9. The van der Waals surface area contributed by atoms with E-state index in [1.165, 1.54) is 18.2 Å². The number of carbonyl (C=O) groups excluding carboxylic acids is 2. The fourth-order valence-corrected chi connectivity index (χ4v) is 10.1. The Kier molecular flexibility index (Phi) is 19.9. The van der Waals surface area contributed by atoms with Crippen LogP contribution in [0.4, 0.5) is 51.2 Å². The maximum Gasteiger partial charge on any atom is 0.264 e. The van der Waals surface area contributed by atoms with Crippen LogP contribution in [0.25, 0.3) is 21.5 Å². The van der Waals surface area contributed by atoms with E-state index in [-0.39, 0.29) is 90.6 Å². The first-order chi connectivity index (χ1) is 40.8. The number of fused-ring (bicyclic) bond motifs is 2. The van der Waals surface area contributed by atoms with Crippen LogP contribution < -0.4 is 30.6 Å². The monoisotopic (exact) mass is 1230 g/mol. The van der Waals surface area contributed by atoms with Gasteiger partial charge in [0, 0.05) is 45.0 Å². The van der Waals surface area contributed by atoms with Gasteiger partial charge in [-0.05, 0) is 177 Å². The van der Waals surface area contributed by atoms with E-state index >= 15 is 0 Å². The second kappa shape index (κ2) is 27.2. The van der Waals surface area contributed by atoms with E-state index in [9.17, 15) is 49.1 Å². The van der Waals surface area contributed by atoms with Crippen LogP contribution in [-0.2, 0) is 30.4 Å². The normalized spacial score (nSPS) is 12.2. The number of ether oxygens (including phenoxy) is 3. The smallest absolute Gasteiger partial charge is 0.264 e. The molecule has 0 saturated carbocycles. The molecule has 8 aromatic rings. The quantitative estimate of drug-likeness (QED) is 0.0121. The number of carbonyl (C=O) groups is 2. The molecule has 448 valence electrons. The van der Waals surface area contributed by atoms with E-state index in [0.29, 0.717) is 78.2 Å². The van der Waals surface area contributed by atoms with E-state index < -0.39 is 53.5 Å². The summed E-state index contributed by atoms with van der Waals surface area (Å²) in [5.74, 6) is -2.09. The van der Waals surface area contributed by atoms with Crippen molar-refractivity contribution < 1.29 is 67.8 Å². The summed E-state index contributed by atoms with van der Waals surface area (Å²) in [7, 11) is -12.8. The van der Waals surface area contributed by atoms with Crippen molar-refractivity contribution in [3.63, 3.8) is 0 Å². The molecule has 0 aromatic heterocycles. The molecule has 86 heavy (non-hydrogen) atoms. The minimum atomic E-state index is -4.33. The lowest BCUT2D eigenvalue weighted by Gasteiger charge is -2.14. The molecule has 8 N–H and O–H groups in total. The van der Waals surface area contributed by atoms with Crippen LogP contribution in [0.1, 0.15) is 62.2 Å². The van der Waals surface area contributed by atoms with E-state index in [0.717, 1.165) is 5.39 Å². The Bertz CT molecular complexity index is 4350. The first kappa shape index (κ1) is 62.8. The fourth-order valence-electron chi connectivity index (χ4n) is 8.61. The summed E-state index contributed by atoms with van der Waals surface area (Å²) in [4.78, 5) is 26.8. The molecule has 0 aliphatic heterocycles. The number of anilines is 3. The maximum absolute atomic E-state index is 14.0. The van der Waals surface area contributed by atoms with Crippen LogP contribution in [0.5, 0.6) is 23.0 Å². The molecule has 2 amide bonds. The molecule has 0 radical (unpaired) electrons. The van der Waals surface area contributed by atoms with Gasteiger partial charge in [0.05, 0.1) is 54.1 Å². The predicted octanol–water partition coefficient (Wildman–Crippen LogP) is 13.2. The van der Waals surface area contributed by atoms with E-state index in [4.69, 9.17) is 24.5 Å². The highest BCUT2D eigenvalue weighted by atomic mass is 32.2. The summed E-state index contributed by atoms with van der Waals surface area (Å²) in [6.45, 7) is 6.57. The van der Waals surface area contributed by atoms with E-state index in [2.05, 4.69) is 41.3 Å². The van der Waals surface area contributed by atoms with Crippen LogP contribution in [0.3, 0.4) is 0 Å². The molecular weight excluding hydrogens is 1170 g/mol. The Hall–Kier alpha value is -9.25. The zero-order valence-electron chi connectivity index (χ0n) is 46.8. The number of phenolic OH excluding ortho intramolecular Hbond substituents is 1. The first-order valence-electron chi connectivity index (χ1n) is 26.4. The van der Waals surface area contributed by atoms with Crippen molar-refractivity contribution in [1.29, 1.82) is 0 Å². The molecule has 0 saturated heterocycles. The standard InChI is InChI=1S/C59H59N9O15S3/c1-35-27-52(55(82-22-7-25-85(75,76)77)33-46(35)59(71)62-44-17-13-39-9-5-10-54(47(39)32-44)81-21-6-24-84(72,73)74)67-66-51-34-56(83-23-8-26-86(78,79)80)53(30-38(51)4)68-65-50-29-36(2)49(28-37(50)3)64-63-48-20-14-41-31-43(18-19-45(41)57(48)69)61-58(70)40-11-15-42(60)16-12-40/h5,9-20,27-34,69H,6-8,21-26,60H2,1-4H3,(H,61,70)(H,62,71)(H,72,73,74)(H,75,76,77)(H,78,79,80). The summed E-state index contributed by atoms with van der Waals surface area (Å²) in [6, 6.07) is 34.9. The summed E-state index contributed by atoms with van der Waals surface area (Å²) in [5.41, 5.74) is 11.8. The van der Waals surface area contributed by atoms with Gasteiger partial charge in [-0.25, -0.2) is 0 Å². The van der Waals surface area contributed by atoms with Gasteiger partial charge in [-0.3, -0.25) is 23.2 Å². The molecule has 24 nitrogen and oxygen atoms in total. The number of benzene rings is 8. The van der Waals surface area contributed by atoms with Gasteiger partial charge in [-0.15, -0.1) is 15.3 Å². The Labute approximate surface area is 495 Å². The van der Waals surface area contributed by atoms with Crippen molar-refractivity contribution >= 4 is 115 Å². The summed E-state index contributed by atoms with van der Waals surface area (Å²) in [5, 5.41) is 46.2. The molecular formula is C59H59N9O15S3. The summed E-state index contributed by atoms with van der Waals surface area (Å²) < 4.78 is 114. The third-order valence-corrected chi connectivity index (χ3v) is 15.5. The Morgan fingerprint density at radius 1 is 0.453 bits per heavy atom. The topological polar surface area (TPSA) is 369 Å². The largest absolute Gasteiger partial charge is 0.505 e. The number of phenols is 1. The summed E-state index contributed by atoms with van der Waals surface area (Å²) in [6.07, 6.45) is -0.172. The second-order valence-electron chi connectivity index (χ2n) is 19.8. The van der Waals surface area contributed by atoms with E-state index in [1.807, 2.05) is 6.07 Å². The molecule has 0 aliphatic carbocycles. The highest BCUT2D eigenvalue weighted by molar-refractivity contribution is 7.86. The van der Waals surface area contributed by atoms with Gasteiger partial charge in [0.1, 0.15) is 34.3 Å². The van der Waals surface area contributed by atoms with Crippen LogP contribution >= 0.6 is 0 Å². The van der Waals surface area contributed by atoms with Crippen molar-refractivity contribution in [2.24, 2.45) is 30.7 Å². The van der Waals surface area contributed by atoms with Crippen molar-refractivity contribution in [1.82, 2.24) is 0 Å². The summed E-state index contributed by atoms with van der Waals surface area (Å²) >= 11 is 0. The average molecular weight is 1230 g/mol. The Morgan fingerprint density at radius 3 is 1.48 bits per heavy atom. The lowest BCUT2D eigenvalue weighted by atomic mass is 10.1. The number of nitrogens with zero attached hydrogens (tertiary/aromatic N) is 6. The number of aromatic hydroxyl groups is 1. The fraction of sp³-hybridized carbons (Fsp3) is 0.220. The van der Waals surface area contributed by atoms with Crippen LogP contribution in [0.15, 0.2) is 158 Å². The van der Waals surface area contributed by atoms with Crippen LogP contribution in [0, 0.1) is 27.7 Å². The molecule has 0 fully saturated rings. The molecule has 27 heteroatoms. The number of nitrogen functional groups attached to an aromatic ring is 1. The number of hydrogen-bond donors (Lipinski definition) is 7.